The lowest BCUT2D eigenvalue weighted by atomic mass is 10.0. The molecule has 2 aromatic carbocycles. The summed E-state index contributed by atoms with van der Waals surface area (Å²) in [4.78, 5) is 0. The smallest absolute Gasteiger partial charge is 0.161 e. The van der Waals surface area contributed by atoms with Crippen molar-refractivity contribution in [1.29, 1.82) is 0 Å². The first kappa shape index (κ1) is 16.9. The van der Waals surface area contributed by atoms with Gasteiger partial charge in [-0.15, -0.1) is 11.6 Å². The van der Waals surface area contributed by atoms with Gasteiger partial charge in [-0.2, -0.15) is 0 Å². The quantitative estimate of drug-likeness (QED) is 0.511. The molecule has 0 heterocycles. The Morgan fingerprint density at radius 3 is 2.19 bits per heavy atom. The molecule has 0 aliphatic heterocycles. The van der Waals surface area contributed by atoms with Crippen LogP contribution in [0.5, 0.6) is 11.5 Å². The van der Waals surface area contributed by atoms with Crippen molar-refractivity contribution in [2.45, 2.75) is 5.38 Å². The summed E-state index contributed by atoms with van der Waals surface area (Å²) in [6, 6.07) is 9.34. The summed E-state index contributed by atoms with van der Waals surface area (Å²) >= 11 is 19.9. The van der Waals surface area contributed by atoms with Crippen LogP contribution in [-0.4, -0.2) is 14.2 Å². The van der Waals surface area contributed by atoms with Crippen molar-refractivity contribution < 1.29 is 9.47 Å². The fourth-order valence-corrected chi connectivity index (χ4v) is 3.67. The molecule has 2 rings (SSSR count). The zero-order valence-electron chi connectivity index (χ0n) is 11.3. The molecule has 0 saturated carbocycles. The van der Waals surface area contributed by atoms with Crippen molar-refractivity contribution in [3.63, 3.8) is 0 Å². The van der Waals surface area contributed by atoms with Crippen LogP contribution in [0.25, 0.3) is 0 Å². The Balaban J connectivity index is 2.53. The third-order valence-corrected chi connectivity index (χ3v) is 5.50. The number of ether oxygens (including phenoxy) is 2. The van der Waals surface area contributed by atoms with Gasteiger partial charge >= 0.3 is 0 Å². The maximum atomic E-state index is 6.61. The monoisotopic (exact) mass is 452 g/mol. The third-order valence-electron chi connectivity index (χ3n) is 3.03. The van der Waals surface area contributed by atoms with E-state index in [-0.39, 0.29) is 0 Å². The van der Waals surface area contributed by atoms with Crippen molar-refractivity contribution in [3.05, 3.63) is 55.4 Å². The highest BCUT2D eigenvalue weighted by Crippen LogP contribution is 2.43. The maximum Gasteiger partial charge on any atom is 0.161 e. The topological polar surface area (TPSA) is 18.5 Å². The highest BCUT2D eigenvalue weighted by molar-refractivity contribution is 9.10. The SMILES string of the molecule is COc1cc(Br)c(C(Cl)c2cccc(Br)c2Cl)cc1OC. The molecule has 0 fully saturated rings. The lowest BCUT2D eigenvalue weighted by Gasteiger charge is -2.17. The number of alkyl halides is 1. The molecule has 2 aromatic rings. The molecule has 21 heavy (non-hydrogen) atoms. The van der Waals surface area contributed by atoms with E-state index in [1.807, 2.05) is 30.3 Å². The second kappa shape index (κ2) is 7.23. The lowest BCUT2D eigenvalue weighted by Crippen LogP contribution is -1.99. The highest BCUT2D eigenvalue weighted by Gasteiger charge is 2.20. The Bertz CT molecular complexity index is 662. The van der Waals surface area contributed by atoms with Crippen LogP contribution in [0.3, 0.4) is 0 Å². The fraction of sp³-hybridized carbons (Fsp3) is 0.200. The van der Waals surface area contributed by atoms with Crippen LogP contribution in [0.1, 0.15) is 16.5 Å². The minimum Gasteiger partial charge on any atom is -0.493 e. The Labute approximate surface area is 150 Å². The zero-order valence-corrected chi connectivity index (χ0v) is 16.0. The van der Waals surface area contributed by atoms with Crippen LogP contribution in [0.15, 0.2) is 39.3 Å². The summed E-state index contributed by atoms with van der Waals surface area (Å²) in [5.41, 5.74) is 1.68. The normalized spacial score (nSPS) is 12.1. The molecule has 6 heteroatoms. The molecule has 112 valence electrons. The molecule has 0 amide bonds. The van der Waals surface area contributed by atoms with Crippen molar-refractivity contribution in [3.8, 4) is 11.5 Å². The Hall–Kier alpha value is -0.420. The number of rotatable bonds is 4. The standard InChI is InChI=1S/C15H12Br2Cl2O2/c1-20-12-6-9(11(17)7-13(12)21-2)14(18)8-4-3-5-10(16)15(8)19/h3-7,14H,1-2H3. The second-order valence-electron chi connectivity index (χ2n) is 4.23. The fourth-order valence-electron chi connectivity index (χ4n) is 1.95. The van der Waals surface area contributed by atoms with Crippen molar-refractivity contribution in [2.24, 2.45) is 0 Å². The molecule has 0 aromatic heterocycles. The summed E-state index contributed by atoms with van der Waals surface area (Å²) in [5, 5.41) is 0.184. The van der Waals surface area contributed by atoms with Gasteiger partial charge in [0.05, 0.1) is 24.6 Å². The van der Waals surface area contributed by atoms with E-state index in [4.69, 9.17) is 32.7 Å². The molecule has 0 aliphatic rings. The van der Waals surface area contributed by atoms with E-state index in [1.54, 1.807) is 14.2 Å². The lowest BCUT2D eigenvalue weighted by molar-refractivity contribution is 0.354. The van der Waals surface area contributed by atoms with Crippen LogP contribution in [0.2, 0.25) is 5.02 Å². The molecule has 0 bridgehead atoms. The van der Waals surface area contributed by atoms with Gasteiger partial charge in [0.15, 0.2) is 11.5 Å². The van der Waals surface area contributed by atoms with Gasteiger partial charge in [0.1, 0.15) is 0 Å². The first-order valence-corrected chi connectivity index (χ1v) is 8.39. The Morgan fingerprint density at radius 1 is 0.952 bits per heavy atom. The van der Waals surface area contributed by atoms with Crippen molar-refractivity contribution in [2.75, 3.05) is 14.2 Å². The Morgan fingerprint density at radius 2 is 1.57 bits per heavy atom. The van der Waals surface area contributed by atoms with E-state index in [0.29, 0.717) is 16.5 Å². The molecule has 1 unspecified atom stereocenters. The van der Waals surface area contributed by atoms with Gasteiger partial charge in [0, 0.05) is 8.95 Å². The van der Waals surface area contributed by atoms with Gasteiger partial charge in [0.25, 0.3) is 0 Å². The first-order chi connectivity index (χ1) is 9.99. The summed E-state index contributed by atoms with van der Waals surface area (Å²) < 4.78 is 12.2. The average molecular weight is 455 g/mol. The predicted octanol–water partition coefficient (Wildman–Crippen LogP) is 6.21. The van der Waals surface area contributed by atoms with Crippen LogP contribution < -0.4 is 9.47 Å². The van der Waals surface area contributed by atoms with Gasteiger partial charge < -0.3 is 9.47 Å². The molecular weight excluding hydrogens is 443 g/mol. The van der Waals surface area contributed by atoms with Gasteiger partial charge in [-0.1, -0.05) is 39.7 Å². The summed E-state index contributed by atoms with van der Waals surface area (Å²) in [7, 11) is 3.18. The van der Waals surface area contributed by atoms with E-state index < -0.39 is 5.38 Å². The number of benzene rings is 2. The van der Waals surface area contributed by atoms with E-state index in [0.717, 1.165) is 20.1 Å². The molecule has 1 atom stereocenters. The minimum absolute atomic E-state index is 0.413. The molecule has 0 spiro atoms. The number of hydrogen-bond donors (Lipinski definition) is 0. The van der Waals surface area contributed by atoms with E-state index >= 15 is 0 Å². The number of halogens is 4. The van der Waals surface area contributed by atoms with Crippen LogP contribution >= 0.6 is 55.1 Å². The average Bonchev–Trinajstić information content (AvgIpc) is 2.49. The third kappa shape index (κ3) is 3.50. The largest absolute Gasteiger partial charge is 0.493 e. The zero-order chi connectivity index (χ0) is 15.6. The van der Waals surface area contributed by atoms with Crippen LogP contribution in [0.4, 0.5) is 0 Å². The summed E-state index contributed by atoms with van der Waals surface area (Å²) in [5.74, 6) is 1.25. The van der Waals surface area contributed by atoms with Crippen molar-refractivity contribution >= 4 is 55.1 Å². The molecule has 0 saturated heterocycles. The van der Waals surface area contributed by atoms with Gasteiger partial charge in [-0.25, -0.2) is 0 Å². The highest BCUT2D eigenvalue weighted by atomic mass is 79.9. The van der Waals surface area contributed by atoms with E-state index in [9.17, 15) is 0 Å². The molecule has 0 N–H and O–H groups in total. The summed E-state index contributed by atoms with van der Waals surface area (Å²) in [6.45, 7) is 0. The molecule has 2 nitrogen and oxygen atoms in total. The minimum atomic E-state index is -0.413. The van der Waals surface area contributed by atoms with Gasteiger partial charge in [0.2, 0.25) is 0 Å². The van der Waals surface area contributed by atoms with E-state index in [1.165, 1.54) is 0 Å². The maximum absolute atomic E-state index is 6.61. The van der Waals surface area contributed by atoms with Crippen molar-refractivity contribution in [1.82, 2.24) is 0 Å². The van der Waals surface area contributed by atoms with Crippen LogP contribution in [0, 0.1) is 0 Å². The van der Waals surface area contributed by atoms with Crippen LogP contribution in [-0.2, 0) is 0 Å². The summed E-state index contributed by atoms with van der Waals surface area (Å²) in [6.07, 6.45) is 0. The number of methoxy groups -OCH3 is 2. The first-order valence-electron chi connectivity index (χ1n) is 5.99. The predicted molar refractivity (Wildman–Crippen MR) is 94.1 cm³/mol. The molecule has 0 radical (unpaired) electrons. The molecular formula is C15H12Br2Cl2O2. The van der Waals surface area contributed by atoms with Gasteiger partial charge in [-0.05, 0) is 45.3 Å². The van der Waals surface area contributed by atoms with Gasteiger partial charge in [-0.3, -0.25) is 0 Å². The molecule has 0 aliphatic carbocycles. The van der Waals surface area contributed by atoms with E-state index in [2.05, 4.69) is 31.9 Å². The Kier molecular flexibility index (Phi) is 5.83. The second-order valence-corrected chi connectivity index (χ2v) is 6.76. The number of hydrogen-bond acceptors (Lipinski definition) is 2.